The molecule has 0 spiro atoms. The molecule has 0 aromatic rings. The van der Waals surface area contributed by atoms with Crippen molar-refractivity contribution in [3.8, 4) is 0 Å². The zero-order chi connectivity index (χ0) is 13.5. The van der Waals surface area contributed by atoms with Gasteiger partial charge in [-0.25, -0.2) is 0 Å². The number of nitrogens with zero attached hydrogens (tertiary/aromatic N) is 2. The smallest absolute Gasteiger partial charge is 0.222 e. The summed E-state index contributed by atoms with van der Waals surface area (Å²) in [6.07, 6.45) is 2.96. The maximum Gasteiger partial charge on any atom is 0.222 e. The molecule has 110 valence electrons. The second-order valence-electron chi connectivity index (χ2n) is 5.63. The van der Waals surface area contributed by atoms with Gasteiger partial charge in [0.25, 0.3) is 0 Å². The highest BCUT2D eigenvalue weighted by molar-refractivity contribution is 5.76. The van der Waals surface area contributed by atoms with Crippen molar-refractivity contribution in [1.82, 2.24) is 15.1 Å². The van der Waals surface area contributed by atoms with E-state index in [1.807, 2.05) is 0 Å². The topological polar surface area (TPSA) is 44.8 Å². The van der Waals surface area contributed by atoms with Crippen LogP contribution >= 0.6 is 0 Å². The second kappa shape index (κ2) is 7.82. The molecular weight excluding hydrogens is 242 g/mol. The lowest BCUT2D eigenvalue weighted by atomic mass is 10.0. The van der Waals surface area contributed by atoms with Gasteiger partial charge in [0, 0.05) is 39.7 Å². The van der Waals surface area contributed by atoms with Crippen molar-refractivity contribution >= 4 is 5.91 Å². The molecule has 1 N–H and O–H groups in total. The number of carbonyl (C=O) groups is 1. The van der Waals surface area contributed by atoms with Gasteiger partial charge in [-0.1, -0.05) is 0 Å². The third kappa shape index (κ3) is 4.75. The van der Waals surface area contributed by atoms with Gasteiger partial charge in [-0.3, -0.25) is 9.69 Å². The number of rotatable bonds is 5. The van der Waals surface area contributed by atoms with E-state index < -0.39 is 0 Å². The molecule has 0 bridgehead atoms. The molecule has 1 atom stereocenters. The summed E-state index contributed by atoms with van der Waals surface area (Å²) in [5, 5.41) is 3.33. The van der Waals surface area contributed by atoms with Crippen LogP contribution in [0.15, 0.2) is 0 Å². The minimum Gasteiger partial charge on any atom is -0.383 e. The van der Waals surface area contributed by atoms with Crippen LogP contribution in [0.3, 0.4) is 0 Å². The van der Waals surface area contributed by atoms with Crippen LogP contribution in [0, 0.1) is 5.92 Å². The molecule has 19 heavy (non-hydrogen) atoms. The van der Waals surface area contributed by atoms with Gasteiger partial charge in [0.15, 0.2) is 0 Å². The highest BCUT2D eigenvalue weighted by Gasteiger charge is 2.23. The summed E-state index contributed by atoms with van der Waals surface area (Å²) in [6, 6.07) is 0. The lowest BCUT2D eigenvalue weighted by molar-refractivity contribution is -0.131. The zero-order valence-corrected chi connectivity index (χ0v) is 12.1. The third-order valence-electron chi connectivity index (χ3n) is 4.18. The minimum atomic E-state index is 0.349. The second-order valence-corrected chi connectivity index (χ2v) is 5.63. The summed E-state index contributed by atoms with van der Waals surface area (Å²) >= 11 is 0. The highest BCUT2D eigenvalue weighted by Crippen LogP contribution is 2.15. The predicted molar refractivity (Wildman–Crippen MR) is 75.1 cm³/mol. The molecule has 2 aliphatic rings. The predicted octanol–water partition coefficient (Wildman–Crippen LogP) is 0.167. The molecule has 0 radical (unpaired) electrons. The molecule has 0 aromatic carbocycles. The number of carbonyl (C=O) groups excluding carboxylic acids is 1. The van der Waals surface area contributed by atoms with Gasteiger partial charge in [0.05, 0.1) is 6.61 Å². The summed E-state index contributed by atoms with van der Waals surface area (Å²) < 4.78 is 5.12. The Balaban J connectivity index is 1.73. The van der Waals surface area contributed by atoms with Crippen LogP contribution in [-0.2, 0) is 9.53 Å². The normalized spacial score (nSPS) is 25.5. The monoisotopic (exact) mass is 269 g/mol. The molecule has 1 amide bonds. The molecule has 2 heterocycles. The van der Waals surface area contributed by atoms with Crippen molar-refractivity contribution in [2.24, 2.45) is 5.92 Å². The fraction of sp³-hybridized carbons (Fsp3) is 0.929. The van der Waals surface area contributed by atoms with Gasteiger partial charge < -0.3 is 15.0 Å². The van der Waals surface area contributed by atoms with Gasteiger partial charge in [-0.2, -0.15) is 0 Å². The van der Waals surface area contributed by atoms with Crippen LogP contribution in [0.5, 0.6) is 0 Å². The van der Waals surface area contributed by atoms with Crippen molar-refractivity contribution in [1.29, 1.82) is 0 Å². The van der Waals surface area contributed by atoms with E-state index in [9.17, 15) is 4.79 Å². The summed E-state index contributed by atoms with van der Waals surface area (Å²) in [7, 11) is 1.74. The Labute approximate surface area is 116 Å². The maximum absolute atomic E-state index is 12.3. The van der Waals surface area contributed by atoms with E-state index in [-0.39, 0.29) is 0 Å². The molecule has 5 nitrogen and oxygen atoms in total. The Bertz CT molecular complexity index is 280. The number of amides is 1. The Kier molecular flexibility index (Phi) is 6.07. The lowest BCUT2D eigenvalue weighted by Gasteiger charge is -2.23. The Morgan fingerprint density at radius 1 is 1.32 bits per heavy atom. The van der Waals surface area contributed by atoms with Gasteiger partial charge in [-0.05, 0) is 38.4 Å². The van der Waals surface area contributed by atoms with E-state index in [1.165, 1.54) is 0 Å². The summed E-state index contributed by atoms with van der Waals surface area (Å²) in [5.74, 6) is 0.905. The van der Waals surface area contributed by atoms with Crippen LogP contribution in [0.2, 0.25) is 0 Å². The Morgan fingerprint density at radius 2 is 2.21 bits per heavy atom. The van der Waals surface area contributed by atoms with E-state index in [0.29, 0.717) is 11.8 Å². The largest absolute Gasteiger partial charge is 0.383 e. The van der Waals surface area contributed by atoms with Crippen molar-refractivity contribution in [3.05, 3.63) is 0 Å². The van der Waals surface area contributed by atoms with E-state index in [0.717, 1.165) is 71.7 Å². The van der Waals surface area contributed by atoms with Gasteiger partial charge in [-0.15, -0.1) is 0 Å². The molecule has 0 saturated carbocycles. The Hall–Kier alpha value is -0.650. The lowest BCUT2D eigenvalue weighted by Crippen LogP contribution is -2.36. The number of ether oxygens (including phenoxy) is 1. The number of hydrogen-bond donors (Lipinski definition) is 1. The minimum absolute atomic E-state index is 0.349. The van der Waals surface area contributed by atoms with E-state index in [1.54, 1.807) is 7.11 Å². The SMILES string of the molecule is COCCN1CCCN(C(=O)CC2CCNC2)CC1. The van der Waals surface area contributed by atoms with Crippen LogP contribution in [0.25, 0.3) is 0 Å². The first-order chi connectivity index (χ1) is 9.29. The van der Waals surface area contributed by atoms with Crippen molar-refractivity contribution in [3.63, 3.8) is 0 Å². The maximum atomic E-state index is 12.3. The molecule has 2 rings (SSSR count). The van der Waals surface area contributed by atoms with Crippen LogP contribution in [-0.4, -0.2) is 75.2 Å². The fourth-order valence-corrected chi connectivity index (χ4v) is 2.93. The van der Waals surface area contributed by atoms with Crippen molar-refractivity contribution < 1.29 is 9.53 Å². The molecule has 2 fully saturated rings. The first-order valence-corrected chi connectivity index (χ1v) is 7.49. The quantitative estimate of drug-likeness (QED) is 0.772. The Morgan fingerprint density at radius 3 is 2.95 bits per heavy atom. The molecular formula is C14H27N3O2. The van der Waals surface area contributed by atoms with Crippen LogP contribution < -0.4 is 5.32 Å². The standard InChI is InChI=1S/C14H27N3O2/c1-19-10-9-16-5-2-6-17(8-7-16)14(18)11-13-3-4-15-12-13/h13,15H,2-12H2,1H3. The molecule has 5 heteroatoms. The summed E-state index contributed by atoms with van der Waals surface area (Å²) in [6.45, 7) is 7.70. The molecule has 2 saturated heterocycles. The highest BCUT2D eigenvalue weighted by atomic mass is 16.5. The van der Waals surface area contributed by atoms with Crippen molar-refractivity contribution in [2.75, 3.05) is 59.5 Å². The third-order valence-corrected chi connectivity index (χ3v) is 4.18. The average Bonchev–Trinajstić information content (AvgIpc) is 2.80. The molecule has 0 aliphatic carbocycles. The van der Waals surface area contributed by atoms with E-state index in [4.69, 9.17) is 4.74 Å². The van der Waals surface area contributed by atoms with Gasteiger partial charge in [0.2, 0.25) is 5.91 Å². The van der Waals surface area contributed by atoms with E-state index in [2.05, 4.69) is 15.1 Å². The molecule has 0 aromatic heterocycles. The first-order valence-electron chi connectivity index (χ1n) is 7.49. The number of methoxy groups -OCH3 is 1. The fourth-order valence-electron chi connectivity index (χ4n) is 2.93. The average molecular weight is 269 g/mol. The van der Waals surface area contributed by atoms with E-state index >= 15 is 0 Å². The first kappa shape index (κ1) is 14.8. The van der Waals surface area contributed by atoms with Gasteiger partial charge in [0.1, 0.15) is 0 Å². The zero-order valence-electron chi connectivity index (χ0n) is 12.1. The summed E-state index contributed by atoms with van der Waals surface area (Å²) in [4.78, 5) is 16.7. The van der Waals surface area contributed by atoms with Crippen LogP contribution in [0.1, 0.15) is 19.3 Å². The number of nitrogens with one attached hydrogen (secondary N) is 1. The molecule has 1 unspecified atom stereocenters. The summed E-state index contributed by atoms with van der Waals surface area (Å²) in [5.41, 5.74) is 0. The van der Waals surface area contributed by atoms with Gasteiger partial charge >= 0.3 is 0 Å². The number of hydrogen-bond acceptors (Lipinski definition) is 4. The van der Waals surface area contributed by atoms with Crippen molar-refractivity contribution in [2.45, 2.75) is 19.3 Å². The molecule has 2 aliphatic heterocycles. The van der Waals surface area contributed by atoms with Crippen LogP contribution in [0.4, 0.5) is 0 Å².